The molecule has 0 saturated carbocycles. The van der Waals surface area contributed by atoms with Gasteiger partial charge in [0.15, 0.2) is 0 Å². The van der Waals surface area contributed by atoms with Crippen LogP contribution in [0.25, 0.3) is 16.7 Å². The smallest absolute Gasteiger partial charge is 0.376 e. The van der Waals surface area contributed by atoms with E-state index < -0.39 is 23.5 Å². The molecule has 2 aromatic heterocycles. The first kappa shape index (κ1) is 18.7. The van der Waals surface area contributed by atoms with Crippen molar-refractivity contribution >= 4 is 57.3 Å². The summed E-state index contributed by atoms with van der Waals surface area (Å²) in [5.41, 5.74) is 0.930. The molecule has 3 aromatic rings. The summed E-state index contributed by atoms with van der Waals surface area (Å²) in [6.45, 7) is 0.330. The van der Waals surface area contributed by atoms with Crippen LogP contribution in [-0.4, -0.2) is 37.6 Å². The Morgan fingerprint density at radius 1 is 1.11 bits per heavy atom. The van der Waals surface area contributed by atoms with E-state index in [1.807, 2.05) is 0 Å². The maximum Gasteiger partial charge on any atom is 0.376 e. The summed E-state index contributed by atoms with van der Waals surface area (Å²) in [6.07, 6.45) is 2.19. The molecule has 9 heteroatoms. The Hall–Kier alpha value is -3.10. The Morgan fingerprint density at radius 2 is 1.85 bits per heavy atom. The number of carbonyl (C=O) groups excluding carboxylic acids is 1. The Bertz CT molecular complexity index is 1110. The lowest BCUT2D eigenvalue weighted by atomic mass is 10.1. The van der Waals surface area contributed by atoms with Crippen LogP contribution in [0.1, 0.15) is 20.1 Å². The molecule has 7 nitrogen and oxygen atoms in total. The SMILES string of the molecule is O=C(O)C(=O)/C=C(\O)c1cn(Cc2ccc(C(=O)O)s2)c2ccc(Cl)cc12. The molecule has 0 spiro atoms. The lowest BCUT2D eigenvalue weighted by molar-refractivity contribution is -0.146. The second kappa shape index (κ2) is 7.26. The molecule has 27 heavy (non-hydrogen) atoms. The molecule has 0 fully saturated rings. The van der Waals surface area contributed by atoms with Crippen LogP contribution in [0.5, 0.6) is 0 Å². The van der Waals surface area contributed by atoms with E-state index in [1.165, 1.54) is 6.07 Å². The molecule has 3 N–H and O–H groups in total. The van der Waals surface area contributed by atoms with Crippen LogP contribution in [0.3, 0.4) is 0 Å². The highest BCUT2D eigenvalue weighted by molar-refractivity contribution is 7.13. The van der Waals surface area contributed by atoms with Gasteiger partial charge < -0.3 is 19.9 Å². The second-order valence-electron chi connectivity index (χ2n) is 5.60. The van der Waals surface area contributed by atoms with Crippen LogP contribution in [-0.2, 0) is 16.1 Å². The molecule has 0 atom stereocenters. The number of carboxylic acid groups (broad SMARTS) is 2. The number of aliphatic hydroxyl groups excluding tert-OH is 1. The first-order chi connectivity index (χ1) is 12.8. The van der Waals surface area contributed by atoms with Gasteiger partial charge in [-0.15, -0.1) is 11.3 Å². The van der Waals surface area contributed by atoms with Crippen molar-refractivity contribution in [3.63, 3.8) is 0 Å². The molecule has 1 aromatic carbocycles. The molecule has 138 valence electrons. The van der Waals surface area contributed by atoms with Crippen molar-refractivity contribution in [1.29, 1.82) is 0 Å². The van der Waals surface area contributed by atoms with Crippen molar-refractivity contribution in [3.8, 4) is 0 Å². The van der Waals surface area contributed by atoms with Crippen LogP contribution >= 0.6 is 22.9 Å². The highest BCUT2D eigenvalue weighted by atomic mass is 35.5. The number of aromatic carboxylic acids is 1. The van der Waals surface area contributed by atoms with Crippen molar-refractivity contribution in [2.45, 2.75) is 6.54 Å². The third kappa shape index (κ3) is 3.86. The van der Waals surface area contributed by atoms with E-state index in [-0.39, 0.29) is 10.4 Å². The molecule has 0 amide bonds. The van der Waals surface area contributed by atoms with E-state index in [4.69, 9.17) is 21.8 Å². The number of hydrogen-bond acceptors (Lipinski definition) is 5. The van der Waals surface area contributed by atoms with Gasteiger partial charge in [-0.05, 0) is 30.3 Å². The molecule has 0 aliphatic rings. The summed E-state index contributed by atoms with van der Waals surface area (Å²) in [5, 5.41) is 28.9. The fourth-order valence-electron chi connectivity index (χ4n) is 2.61. The highest BCUT2D eigenvalue weighted by Gasteiger charge is 2.17. The van der Waals surface area contributed by atoms with Gasteiger partial charge in [0, 0.05) is 38.6 Å². The lowest BCUT2D eigenvalue weighted by Gasteiger charge is -2.03. The minimum Gasteiger partial charge on any atom is -0.507 e. The van der Waals surface area contributed by atoms with Crippen LogP contribution in [0.4, 0.5) is 0 Å². The zero-order valence-electron chi connectivity index (χ0n) is 13.5. The number of fused-ring (bicyclic) bond motifs is 1. The van der Waals surface area contributed by atoms with E-state index in [0.717, 1.165) is 16.2 Å². The zero-order valence-corrected chi connectivity index (χ0v) is 15.1. The van der Waals surface area contributed by atoms with Gasteiger partial charge in [-0.25, -0.2) is 9.59 Å². The number of aliphatic hydroxyl groups is 1. The van der Waals surface area contributed by atoms with Gasteiger partial charge in [0.2, 0.25) is 0 Å². The predicted octanol–water partition coefficient (Wildman–Crippen LogP) is 3.66. The molecule has 0 bridgehead atoms. The van der Waals surface area contributed by atoms with Crippen LogP contribution < -0.4 is 0 Å². The Kier molecular flexibility index (Phi) is 5.02. The summed E-state index contributed by atoms with van der Waals surface area (Å²) < 4.78 is 1.76. The first-order valence-corrected chi connectivity index (χ1v) is 8.74. The van der Waals surface area contributed by atoms with Gasteiger partial charge in [0.1, 0.15) is 10.6 Å². The minimum atomic E-state index is -1.68. The number of aromatic nitrogens is 1. The number of benzene rings is 1. The molecular weight excluding hydrogens is 394 g/mol. The zero-order chi connectivity index (χ0) is 19.7. The van der Waals surface area contributed by atoms with Crippen molar-refractivity contribution in [3.05, 3.63) is 62.9 Å². The fourth-order valence-corrected chi connectivity index (χ4v) is 3.63. The number of thiophene rings is 1. The second-order valence-corrected chi connectivity index (χ2v) is 7.21. The van der Waals surface area contributed by atoms with Crippen molar-refractivity contribution < 1.29 is 29.7 Å². The van der Waals surface area contributed by atoms with Crippen molar-refractivity contribution in [1.82, 2.24) is 4.57 Å². The van der Waals surface area contributed by atoms with E-state index in [1.54, 1.807) is 35.0 Å². The third-order valence-corrected chi connectivity index (χ3v) is 5.09. The molecular formula is C18H12ClNO6S. The number of carbonyl (C=O) groups is 3. The number of carboxylic acids is 2. The molecule has 0 saturated heterocycles. The van der Waals surface area contributed by atoms with Crippen molar-refractivity contribution in [2.24, 2.45) is 0 Å². The van der Waals surface area contributed by atoms with E-state index in [0.29, 0.717) is 28.5 Å². The summed E-state index contributed by atoms with van der Waals surface area (Å²) in [4.78, 5) is 34.1. The number of aliphatic carboxylic acids is 1. The van der Waals surface area contributed by atoms with E-state index in [2.05, 4.69) is 0 Å². The molecule has 0 aliphatic carbocycles. The average molecular weight is 406 g/mol. The lowest BCUT2D eigenvalue weighted by Crippen LogP contribution is -2.09. The van der Waals surface area contributed by atoms with Gasteiger partial charge >= 0.3 is 11.9 Å². The largest absolute Gasteiger partial charge is 0.507 e. The van der Waals surface area contributed by atoms with E-state index >= 15 is 0 Å². The molecule has 0 aliphatic heterocycles. The maximum absolute atomic E-state index is 11.4. The monoisotopic (exact) mass is 405 g/mol. The third-order valence-electron chi connectivity index (χ3n) is 3.80. The van der Waals surface area contributed by atoms with Gasteiger partial charge in [-0.1, -0.05) is 11.6 Å². The summed E-state index contributed by atoms with van der Waals surface area (Å²) in [7, 11) is 0. The minimum absolute atomic E-state index is 0.208. The molecule has 0 radical (unpaired) electrons. The normalized spacial score (nSPS) is 11.7. The molecule has 3 rings (SSSR count). The average Bonchev–Trinajstić information content (AvgIpc) is 3.20. The quantitative estimate of drug-likeness (QED) is 0.327. The number of ketones is 1. The summed E-state index contributed by atoms with van der Waals surface area (Å²) >= 11 is 7.15. The van der Waals surface area contributed by atoms with Gasteiger partial charge in [-0.2, -0.15) is 0 Å². The van der Waals surface area contributed by atoms with Gasteiger partial charge in [0.25, 0.3) is 5.78 Å². The Labute approximate surface area is 161 Å². The number of nitrogens with zero attached hydrogens (tertiary/aromatic N) is 1. The number of hydrogen-bond donors (Lipinski definition) is 3. The maximum atomic E-state index is 11.4. The van der Waals surface area contributed by atoms with Crippen molar-refractivity contribution in [2.75, 3.05) is 0 Å². The first-order valence-electron chi connectivity index (χ1n) is 7.55. The molecule has 0 unspecified atom stereocenters. The predicted molar refractivity (Wildman–Crippen MR) is 101 cm³/mol. The van der Waals surface area contributed by atoms with Gasteiger partial charge in [-0.3, -0.25) is 4.79 Å². The number of halogens is 1. The van der Waals surface area contributed by atoms with Crippen LogP contribution in [0.2, 0.25) is 5.02 Å². The summed E-state index contributed by atoms with van der Waals surface area (Å²) in [6, 6.07) is 8.17. The summed E-state index contributed by atoms with van der Waals surface area (Å²) in [5.74, 6) is -4.43. The van der Waals surface area contributed by atoms with Crippen LogP contribution in [0.15, 0.2) is 42.6 Å². The fraction of sp³-hybridized carbons (Fsp3) is 0.0556. The topological polar surface area (TPSA) is 117 Å². The standard InChI is InChI=1S/C18H12ClNO6S/c19-9-1-3-13-11(5-9)12(14(21)6-15(22)17(23)24)8-20(13)7-10-2-4-16(27-10)18(25)26/h1-6,8,21H,7H2,(H,23,24)(H,25,26)/b14-6-. The van der Waals surface area contributed by atoms with Gasteiger partial charge in [0.05, 0.1) is 6.54 Å². The van der Waals surface area contributed by atoms with Crippen LogP contribution in [0, 0.1) is 0 Å². The Morgan fingerprint density at radius 3 is 2.48 bits per heavy atom. The van der Waals surface area contributed by atoms with E-state index in [9.17, 15) is 19.5 Å². The molecule has 2 heterocycles. The number of rotatable bonds is 6. The highest BCUT2D eigenvalue weighted by Crippen LogP contribution is 2.30. The Balaban J connectivity index is 2.07.